The van der Waals surface area contributed by atoms with Gasteiger partial charge < -0.3 is 14.3 Å². The average Bonchev–Trinajstić information content (AvgIpc) is 3.44. The zero-order chi connectivity index (χ0) is 21.0. The van der Waals surface area contributed by atoms with Crippen LogP contribution in [0.2, 0.25) is 5.02 Å². The van der Waals surface area contributed by atoms with Crippen molar-refractivity contribution in [2.24, 2.45) is 0 Å². The van der Waals surface area contributed by atoms with Crippen LogP contribution >= 0.6 is 22.9 Å². The molecular weight excluding hydrogens is 446 g/mol. The number of hydrogen-bond donors (Lipinski definition) is 2. The summed E-state index contributed by atoms with van der Waals surface area (Å²) in [6.45, 7) is 1.88. The van der Waals surface area contributed by atoms with Gasteiger partial charge in [0.05, 0.1) is 44.9 Å². The number of thiophene rings is 1. The number of hydrogen-bond acceptors (Lipinski definition) is 7. The minimum absolute atomic E-state index is 0.0838. The second-order valence-corrected chi connectivity index (χ2v) is 9.99. The molecule has 5 heterocycles. The first kappa shape index (κ1) is 19.4. The summed E-state index contributed by atoms with van der Waals surface area (Å²) in [6, 6.07) is 9.34. The lowest BCUT2D eigenvalue weighted by atomic mass is 10.0. The zero-order valence-corrected chi connectivity index (χ0v) is 18.3. The van der Waals surface area contributed by atoms with E-state index in [1.54, 1.807) is 23.8 Å². The maximum Gasteiger partial charge on any atom is 0.266 e. The number of aromatic nitrogens is 4. The molecule has 0 amide bonds. The van der Waals surface area contributed by atoms with Crippen LogP contribution in [-0.4, -0.2) is 47.4 Å². The minimum Gasteiger partial charge on any atom is -0.593 e. The third-order valence-electron chi connectivity index (χ3n) is 4.89. The van der Waals surface area contributed by atoms with E-state index in [1.165, 1.54) is 15.6 Å². The summed E-state index contributed by atoms with van der Waals surface area (Å²) in [4.78, 5) is 1.46. The number of guanidine groups is 1. The van der Waals surface area contributed by atoms with Gasteiger partial charge in [-0.25, -0.2) is 4.52 Å². The van der Waals surface area contributed by atoms with E-state index in [0.717, 1.165) is 10.4 Å². The highest BCUT2D eigenvalue weighted by Gasteiger charge is 2.44. The fourth-order valence-corrected chi connectivity index (χ4v) is 6.15. The lowest BCUT2D eigenvalue weighted by Gasteiger charge is -2.39. The Kier molecular flexibility index (Phi) is 4.51. The topological polar surface area (TPSA) is 118 Å². The van der Waals surface area contributed by atoms with Gasteiger partial charge in [-0.1, -0.05) is 17.7 Å². The fraction of sp³-hybridized carbons (Fsp3) is 0.222. The largest absolute Gasteiger partial charge is 0.593 e. The monoisotopic (exact) mass is 461 g/mol. The van der Waals surface area contributed by atoms with E-state index in [4.69, 9.17) is 21.4 Å². The Morgan fingerprint density at radius 1 is 1.33 bits per heavy atom. The Morgan fingerprint density at radius 2 is 2.13 bits per heavy atom. The predicted molar refractivity (Wildman–Crippen MR) is 116 cm³/mol. The fourth-order valence-electron chi connectivity index (χ4n) is 3.33. The van der Waals surface area contributed by atoms with Crippen LogP contribution in [0.15, 0.2) is 40.9 Å². The van der Waals surface area contributed by atoms with Crippen molar-refractivity contribution in [2.45, 2.75) is 12.5 Å². The van der Waals surface area contributed by atoms with Crippen molar-refractivity contribution in [3.05, 3.63) is 46.4 Å². The molecule has 0 saturated carbocycles. The van der Waals surface area contributed by atoms with Crippen molar-refractivity contribution in [2.75, 3.05) is 12.8 Å². The molecule has 5 rings (SSSR count). The third kappa shape index (κ3) is 3.05. The first-order valence-corrected chi connectivity index (χ1v) is 11.4. The van der Waals surface area contributed by atoms with E-state index < -0.39 is 16.9 Å². The first-order valence-electron chi connectivity index (χ1n) is 8.91. The standard InChI is InChI=1S/C18H16ClN7O2S2/c1-18(9-30(27)25(2)17(20)22-18)14-11(19)8-13(29-14)16-24-23-15(28-16)12-5-3-4-10-6-7-21-26(10)12/h3-8H,9H2,1-2H3,(H2,20,22)/t18-,30?/m0/s1. The van der Waals surface area contributed by atoms with Gasteiger partial charge in [-0.3, -0.25) is 5.41 Å². The van der Waals surface area contributed by atoms with Gasteiger partial charge in [-0.05, 0) is 31.2 Å². The molecule has 30 heavy (non-hydrogen) atoms. The van der Waals surface area contributed by atoms with Crippen LogP contribution in [-0.2, 0) is 16.9 Å². The van der Waals surface area contributed by atoms with Crippen LogP contribution < -0.4 is 5.32 Å². The van der Waals surface area contributed by atoms with Gasteiger partial charge in [-0.2, -0.15) is 9.40 Å². The second-order valence-electron chi connectivity index (χ2n) is 7.05. The van der Waals surface area contributed by atoms with Gasteiger partial charge in [0.15, 0.2) is 5.75 Å². The van der Waals surface area contributed by atoms with E-state index in [9.17, 15) is 4.55 Å². The van der Waals surface area contributed by atoms with Crippen molar-refractivity contribution >= 4 is 45.8 Å². The Balaban J connectivity index is 1.50. The van der Waals surface area contributed by atoms with E-state index in [0.29, 0.717) is 33.1 Å². The van der Waals surface area contributed by atoms with Crippen molar-refractivity contribution in [3.63, 3.8) is 0 Å². The van der Waals surface area contributed by atoms with Crippen molar-refractivity contribution in [1.29, 1.82) is 5.41 Å². The first-order chi connectivity index (χ1) is 14.4. The van der Waals surface area contributed by atoms with Gasteiger partial charge >= 0.3 is 0 Å². The van der Waals surface area contributed by atoms with Gasteiger partial charge in [0.1, 0.15) is 11.2 Å². The van der Waals surface area contributed by atoms with Gasteiger partial charge in [-0.15, -0.1) is 21.5 Å². The third-order valence-corrected chi connectivity index (χ3v) is 8.31. The van der Waals surface area contributed by atoms with Gasteiger partial charge in [0, 0.05) is 0 Å². The van der Waals surface area contributed by atoms with Crippen molar-refractivity contribution < 1.29 is 8.97 Å². The maximum absolute atomic E-state index is 12.4. The van der Waals surface area contributed by atoms with Crippen LogP contribution in [0.3, 0.4) is 0 Å². The Bertz CT molecular complexity index is 1270. The van der Waals surface area contributed by atoms with E-state index in [-0.39, 0.29) is 5.96 Å². The smallest absolute Gasteiger partial charge is 0.266 e. The van der Waals surface area contributed by atoms with Crippen LogP contribution in [0.5, 0.6) is 0 Å². The Hall–Kier alpha value is -2.60. The molecule has 1 aliphatic rings. The number of rotatable bonds is 3. The predicted octanol–water partition coefficient (Wildman–Crippen LogP) is 3.11. The van der Waals surface area contributed by atoms with Crippen molar-refractivity contribution in [3.8, 4) is 22.4 Å². The molecule has 0 radical (unpaired) electrons. The molecule has 1 fully saturated rings. The summed E-state index contributed by atoms with van der Waals surface area (Å²) < 4.78 is 21.4. The molecule has 12 heteroatoms. The summed E-state index contributed by atoms with van der Waals surface area (Å²) in [6.07, 6.45) is 1.71. The second kappa shape index (κ2) is 6.98. The molecule has 0 aliphatic carbocycles. The molecule has 1 saturated heterocycles. The number of nitrogens with zero attached hydrogens (tertiary/aromatic N) is 5. The molecule has 2 atom stereocenters. The summed E-state index contributed by atoms with van der Waals surface area (Å²) in [7, 11) is 1.62. The van der Waals surface area contributed by atoms with Crippen LogP contribution in [0, 0.1) is 5.41 Å². The van der Waals surface area contributed by atoms with Crippen LogP contribution in [0.4, 0.5) is 0 Å². The molecule has 2 N–H and O–H groups in total. The summed E-state index contributed by atoms with van der Waals surface area (Å²) in [5.74, 6) is 1.06. The molecule has 0 spiro atoms. The van der Waals surface area contributed by atoms with E-state index >= 15 is 0 Å². The van der Waals surface area contributed by atoms with Crippen LogP contribution in [0.25, 0.3) is 27.9 Å². The summed E-state index contributed by atoms with van der Waals surface area (Å²) in [5, 5.41) is 24.3. The SMILES string of the molecule is CN1C(=N)N[C@](C)(c2sc(-c3nnc(-c4cccc5ccnn45)o3)cc2Cl)C[S+]1[O-]. The van der Waals surface area contributed by atoms with Gasteiger partial charge in [0.25, 0.3) is 11.8 Å². The molecule has 4 aromatic heterocycles. The number of nitrogens with one attached hydrogen (secondary N) is 2. The Morgan fingerprint density at radius 3 is 2.93 bits per heavy atom. The lowest BCUT2D eigenvalue weighted by molar-refractivity contribution is 0.424. The number of pyridine rings is 1. The molecule has 154 valence electrons. The normalized spacial score (nSPS) is 21.9. The summed E-state index contributed by atoms with van der Waals surface area (Å²) in [5.41, 5.74) is 0.871. The van der Waals surface area contributed by atoms with Crippen LogP contribution in [0.1, 0.15) is 11.8 Å². The molecule has 9 nitrogen and oxygen atoms in total. The molecule has 1 unspecified atom stereocenters. The van der Waals surface area contributed by atoms with Crippen molar-refractivity contribution in [1.82, 2.24) is 29.4 Å². The van der Waals surface area contributed by atoms with E-state index in [2.05, 4.69) is 20.6 Å². The Labute approximate surface area is 183 Å². The summed E-state index contributed by atoms with van der Waals surface area (Å²) >= 11 is 6.57. The zero-order valence-electron chi connectivity index (χ0n) is 15.9. The molecule has 4 aromatic rings. The highest BCUT2D eigenvalue weighted by Crippen LogP contribution is 2.42. The molecular formula is C18H16ClN7O2S2. The highest BCUT2D eigenvalue weighted by molar-refractivity contribution is 7.89. The minimum atomic E-state index is -1.33. The quantitative estimate of drug-likeness (QED) is 0.450. The molecule has 1 aliphatic heterocycles. The van der Waals surface area contributed by atoms with Gasteiger partial charge in [0.2, 0.25) is 5.96 Å². The van der Waals surface area contributed by atoms with E-state index in [1.807, 2.05) is 31.2 Å². The number of halogens is 1. The lowest BCUT2D eigenvalue weighted by Crippen LogP contribution is -2.60. The molecule has 0 bridgehead atoms. The molecule has 0 aromatic carbocycles. The average molecular weight is 462 g/mol. The number of fused-ring (bicyclic) bond motifs is 1. The maximum atomic E-state index is 12.4. The highest BCUT2D eigenvalue weighted by atomic mass is 35.5.